The highest BCUT2D eigenvalue weighted by Crippen LogP contribution is 2.45. The fourth-order valence-corrected chi connectivity index (χ4v) is 8.10. The molecule has 0 saturated heterocycles. The summed E-state index contributed by atoms with van der Waals surface area (Å²) in [6.45, 7) is 0. The van der Waals surface area contributed by atoms with Crippen molar-refractivity contribution in [2.45, 2.75) is 0 Å². The second-order valence-corrected chi connectivity index (χ2v) is 11.7. The molecule has 0 radical (unpaired) electrons. The molecule has 3 aromatic heterocycles. The van der Waals surface area contributed by atoms with E-state index in [4.69, 9.17) is 4.42 Å². The van der Waals surface area contributed by atoms with Gasteiger partial charge in [0.05, 0.1) is 0 Å². The summed E-state index contributed by atoms with van der Waals surface area (Å²) in [5.74, 6) is 0. The molecule has 0 aliphatic heterocycles. The molecule has 1 nitrogen and oxygen atoms in total. The van der Waals surface area contributed by atoms with Crippen LogP contribution in [0.15, 0.2) is 113 Å². The summed E-state index contributed by atoms with van der Waals surface area (Å²) >= 11 is 3.70. The Morgan fingerprint density at radius 1 is 0.432 bits per heavy atom. The van der Waals surface area contributed by atoms with Crippen molar-refractivity contribution in [2.24, 2.45) is 0 Å². The standard InChI is InChI=1S/C34H18OS2/c1-4-10-30-20(7-1)27-16-25-24(29-18-36-32-11-5-2-9-22(29)32)13-19-14-34-28(21-8-3-6-12-33(21)37-34)15-23(19)26(25)17-31(27)35-30/h1-18H. The van der Waals surface area contributed by atoms with Gasteiger partial charge in [-0.2, -0.15) is 0 Å². The monoisotopic (exact) mass is 506 g/mol. The van der Waals surface area contributed by atoms with Crippen molar-refractivity contribution in [2.75, 3.05) is 0 Å². The van der Waals surface area contributed by atoms with E-state index in [2.05, 4.69) is 102 Å². The smallest absolute Gasteiger partial charge is 0.136 e. The van der Waals surface area contributed by atoms with Gasteiger partial charge in [-0.3, -0.25) is 0 Å². The van der Waals surface area contributed by atoms with Crippen LogP contribution in [0.3, 0.4) is 0 Å². The van der Waals surface area contributed by atoms with Gasteiger partial charge in [-0.05, 0) is 81.0 Å². The lowest BCUT2D eigenvalue weighted by Crippen LogP contribution is -1.85. The van der Waals surface area contributed by atoms with E-state index in [9.17, 15) is 0 Å². The fraction of sp³-hybridized carbons (Fsp3) is 0. The molecular weight excluding hydrogens is 489 g/mol. The third-order valence-corrected chi connectivity index (χ3v) is 9.81. The summed E-state index contributed by atoms with van der Waals surface area (Å²) in [6, 6.07) is 37.6. The number of fused-ring (bicyclic) bond motifs is 10. The largest absolute Gasteiger partial charge is 0.456 e. The summed E-state index contributed by atoms with van der Waals surface area (Å²) in [5, 5.41) is 13.7. The lowest BCUT2D eigenvalue weighted by atomic mass is 9.91. The maximum atomic E-state index is 6.36. The number of hydrogen-bond donors (Lipinski definition) is 0. The van der Waals surface area contributed by atoms with Crippen molar-refractivity contribution in [3.63, 3.8) is 0 Å². The normalized spacial score (nSPS) is 12.3. The number of rotatable bonds is 1. The van der Waals surface area contributed by atoms with Crippen LogP contribution in [-0.4, -0.2) is 0 Å². The van der Waals surface area contributed by atoms with Crippen LogP contribution in [0.4, 0.5) is 0 Å². The van der Waals surface area contributed by atoms with Gasteiger partial charge in [0.2, 0.25) is 0 Å². The Bertz CT molecular complexity index is 2360. The number of furan rings is 1. The molecule has 0 N–H and O–H groups in total. The van der Waals surface area contributed by atoms with Crippen molar-refractivity contribution in [3.05, 3.63) is 109 Å². The van der Waals surface area contributed by atoms with E-state index < -0.39 is 0 Å². The minimum Gasteiger partial charge on any atom is -0.456 e. The first-order valence-corrected chi connectivity index (χ1v) is 14.1. The summed E-state index contributed by atoms with van der Waals surface area (Å²) in [4.78, 5) is 0. The van der Waals surface area contributed by atoms with Gasteiger partial charge in [0, 0.05) is 46.6 Å². The Balaban J connectivity index is 1.50. The van der Waals surface area contributed by atoms with Crippen LogP contribution < -0.4 is 0 Å². The highest BCUT2D eigenvalue weighted by molar-refractivity contribution is 7.25. The van der Waals surface area contributed by atoms with E-state index in [1.807, 2.05) is 28.7 Å². The van der Waals surface area contributed by atoms with Crippen LogP contribution in [-0.2, 0) is 0 Å². The average molecular weight is 507 g/mol. The van der Waals surface area contributed by atoms with Crippen LogP contribution in [0.25, 0.3) is 84.9 Å². The Morgan fingerprint density at radius 2 is 1.19 bits per heavy atom. The minimum absolute atomic E-state index is 0.936. The zero-order valence-corrected chi connectivity index (χ0v) is 21.3. The van der Waals surface area contributed by atoms with E-state index in [1.165, 1.54) is 73.7 Å². The van der Waals surface area contributed by atoms with E-state index in [-0.39, 0.29) is 0 Å². The first kappa shape index (κ1) is 19.9. The number of hydrogen-bond acceptors (Lipinski definition) is 3. The van der Waals surface area contributed by atoms with Gasteiger partial charge < -0.3 is 4.42 Å². The lowest BCUT2D eigenvalue weighted by Gasteiger charge is -2.12. The Labute approximate surface area is 219 Å². The summed E-state index contributed by atoms with van der Waals surface area (Å²) in [5.41, 5.74) is 4.46. The third kappa shape index (κ3) is 2.73. The predicted octanol–water partition coefficient (Wildman–Crippen LogP) is 11.1. The summed E-state index contributed by atoms with van der Waals surface area (Å²) in [7, 11) is 0. The molecule has 0 unspecified atom stereocenters. The molecule has 172 valence electrons. The second-order valence-electron chi connectivity index (χ2n) is 9.73. The highest BCUT2D eigenvalue weighted by atomic mass is 32.1. The maximum absolute atomic E-state index is 6.36. The molecule has 0 amide bonds. The molecule has 37 heavy (non-hydrogen) atoms. The molecule has 0 atom stereocenters. The summed E-state index contributed by atoms with van der Waals surface area (Å²) < 4.78 is 10.3. The van der Waals surface area contributed by atoms with E-state index in [0.29, 0.717) is 0 Å². The van der Waals surface area contributed by atoms with Crippen LogP contribution in [0, 0.1) is 0 Å². The van der Waals surface area contributed by atoms with Gasteiger partial charge in [0.1, 0.15) is 11.2 Å². The van der Waals surface area contributed by atoms with Crippen LogP contribution in [0.2, 0.25) is 0 Å². The molecule has 0 aliphatic rings. The predicted molar refractivity (Wildman–Crippen MR) is 162 cm³/mol. The van der Waals surface area contributed by atoms with Crippen LogP contribution >= 0.6 is 22.7 Å². The van der Waals surface area contributed by atoms with Crippen LogP contribution in [0.5, 0.6) is 0 Å². The van der Waals surface area contributed by atoms with Gasteiger partial charge in [-0.1, -0.05) is 54.6 Å². The van der Waals surface area contributed by atoms with Gasteiger partial charge in [-0.25, -0.2) is 0 Å². The quantitative estimate of drug-likeness (QED) is 0.202. The molecule has 3 heteroatoms. The van der Waals surface area contributed by atoms with Crippen molar-refractivity contribution in [1.29, 1.82) is 0 Å². The molecule has 0 fully saturated rings. The number of thiophene rings is 2. The minimum atomic E-state index is 0.936. The zero-order chi connectivity index (χ0) is 24.1. The lowest BCUT2D eigenvalue weighted by molar-refractivity contribution is 0.669. The Hall–Kier alpha value is -4.18. The van der Waals surface area contributed by atoms with Gasteiger partial charge >= 0.3 is 0 Å². The summed E-state index contributed by atoms with van der Waals surface area (Å²) in [6.07, 6.45) is 0. The van der Waals surface area contributed by atoms with Crippen molar-refractivity contribution < 1.29 is 4.42 Å². The molecule has 9 rings (SSSR count). The van der Waals surface area contributed by atoms with Crippen LogP contribution in [0.1, 0.15) is 0 Å². The topological polar surface area (TPSA) is 13.1 Å². The van der Waals surface area contributed by atoms with Crippen molar-refractivity contribution >= 4 is 96.4 Å². The molecule has 0 spiro atoms. The molecular formula is C34H18OS2. The van der Waals surface area contributed by atoms with Crippen molar-refractivity contribution in [3.8, 4) is 11.1 Å². The van der Waals surface area contributed by atoms with Gasteiger partial charge in [0.25, 0.3) is 0 Å². The maximum Gasteiger partial charge on any atom is 0.136 e. The van der Waals surface area contributed by atoms with Gasteiger partial charge in [0.15, 0.2) is 0 Å². The molecule has 0 aliphatic carbocycles. The van der Waals surface area contributed by atoms with E-state index in [1.54, 1.807) is 0 Å². The first-order valence-electron chi connectivity index (χ1n) is 12.4. The third-order valence-electron chi connectivity index (χ3n) is 7.72. The molecule has 6 aromatic carbocycles. The molecule has 3 heterocycles. The Kier molecular flexibility index (Phi) is 3.88. The van der Waals surface area contributed by atoms with E-state index in [0.717, 1.165) is 11.2 Å². The highest BCUT2D eigenvalue weighted by Gasteiger charge is 2.17. The zero-order valence-electron chi connectivity index (χ0n) is 19.6. The first-order chi connectivity index (χ1) is 18.3. The fourth-order valence-electron chi connectivity index (χ4n) is 6.00. The van der Waals surface area contributed by atoms with Gasteiger partial charge in [-0.15, -0.1) is 22.7 Å². The van der Waals surface area contributed by atoms with Crippen molar-refractivity contribution in [1.82, 2.24) is 0 Å². The Morgan fingerprint density at radius 3 is 2.11 bits per heavy atom. The molecule has 0 bridgehead atoms. The van der Waals surface area contributed by atoms with E-state index >= 15 is 0 Å². The second kappa shape index (κ2) is 7.19. The molecule has 9 aromatic rings. The average Bonchev–Trinajstić information content (AvgIpc) is 3.63. The number of benzene rings is 6. The number of para-hydroxylation sites is 1. The SMILES string of the molecule is c1ccc2c(c1)oc1cc3c(cc12)c(-c1csc2ccccc12)cc1cc2sc4ccccc4c2cc13. The molecule has 0 saturated carbocycles.